The molecular formula is C29H43FN4O4. The Hall–Kier alpha value is -2.68. The second kappa shape index (κ2) is 12.5. The van der Waals surface area contributed by atoms with E-state index in [-0.39, 0.29) is 36.1 Å². The molecule has 3 fully saturated rings. The summed E-state index contributed by atoms with van der Waals surface area (Å²) in [6.07, 6.45) is 6.85. The number of nitrogens with one attached hydrogen (secondary N) is 3. The highest BCUT2D eigenvalue weighted by Crippen LogP contribution is 2.34. The number of benzene rings is 1. The fourth-order valence-electron chi connectivity index (χ4n) is 5.93. The van der Waals surface area contributed by atoms with Crippen LogP contribution in [0.15, 0.2) is 18.2 Å². The molecule has 2 heterocycles. The maximum Gasteiger partial charge on any atom is 0.407 e. The Kier molecular flexibility index (Phi) is 9.28. The maximum atomic E-state index is 15.0. The Morgan fingerprint density at radius 2 is 1.74 bits per heavy atom. The number of hydrogen-bond acceptors (Lipinski definition) is 6. The number of hydrogen-bond donors (Lipinski definition) is 3. The Morgan fingerprint density at radius 1 is 1.05 bits per heavy atom. The van der Waals surface area contributed by atoms with E-state index >= 15 is 4.39 Å². The predicted octanol–water partition coefficient (Wildman–Crippen LogP) is 4.55. The maximum absolute atomic E-state index is 15.0. The first kappa shape index (κ1) is 28.3. The number of piperidine rings is 2. The molecule has 210 valence electrons. The molecule has 3 amide bonds. The molecule has 1 saturated carbocycles. The van der Waals surface area contributed by atoms with Gasteiger partial charge < -0.3 is 20.3 Å². The van der Waals surface area contributed by atoms with Crippen molar-refractivity contribution in [2.45, 2.75) is 89.7 Å². The molecule has 0 bridgehead atoms. The summed E-state index contributed by atoms with van der Waals surface area (Å²) in [5, 5.41) is 8.30. The van der Waals surface area contributed by atoms with Crippen LogP contribution in [0.1, 0.15) is 83.6 Å². The highest BCUT2D eigenvalue weighted by molar-refractivity contribution is 6.01. The number of likely N-dealkylation sites (tertiary alicyclic amines) is 1. The molecular weight excluding hydrogens is 487 g/mol. The topological polar surface area (TPSA) is 99.8 Å². The van der Waals surface area contributed by atoms with Gasteiger partial charge in [0.15, 0.2) is 0 Å². The number of halogens is 1. The number of anilines is 1. The van der Waals surface area contributed by atoms with Gasteiger partial charge in [-0.15, -0.1) is 0 Å². The summed E-state index contributed by atoms with van der Waals surface area (Å²) >= 11 is 0. The highest BCUT2D eigenvalue weighted by atomic mass is 19.1. The van der Waals surface area contributed by atoms with Crippen LogP contribution in [0, 0.1) is 17.7 Å². The van der Waals surface area contributed by atoms with Gasteiger partial charge >= 0.3 is 6.09 Å². The van der Waals surface area contributed by atoms with Crippen molar-refractivity contribution < 1.29 is 23.5 Å². The van der Waals surface area contributed by atoms with Crippen LogP contribution in [-0.4, -0.2) is 60.6 Å². The van der Waals surface area contributed by atoms with Crippen LogP contribution in [0.3, 0.4) is 0 Å². The van der Waals surface area contributed by atoms with Crippen LogP contribution in [0.2, 0.25) is 0 Å². The van der Waals surface area contributed by atoms with Gasteiger partial charge in [-0.1, -0.05) is 6.07 Å². The quantitative estimate of drug-likeness (QED) is 0.447. The Bertz CT molecular complexity index is 995. The van der Waals surface area contributed by atoms with Gasteiger partial charge in [0.2, 0.25) is 11.8 Å². The molecule has 2 aliphatic heterocycles. The normalized spacial score (nSPS) is 25.5. The van der Waals surface area contributed by atoms with Crippen molar-refractivity contribution in [1.82, 2.24) is 15.5 Å². The lowest BCUT2D eigenvalue weighted by molar-refractivity contribution is -0.133. The van der Waals surface area contributed by atoms with Gasteiger partial charge in [0, 0.05) is 25.2 Å². The smallest absolute Gasteiger partial charge is 0.407 e. The van der Waals surface area contributed by atoms with E-state index in [1.165, 1.54) is 18.9 Å². The first-order valence-corrected chi connectivity index (χ1v) is 14.1. The second-order valence-electron chi connectivity index (χ2n) is 12.2. The third-order valence-corrected chi connectivity index (χ3v) is 8.02. The molecule has 3 N–H and O–H groups in total. The molecule has 3 aliphatic rings. The second-order valence-corrected chi connectivity index (χ2v) is 12.2. The van der Waals surface area contributed by atoms with Crippen LogP contribution < -0.4 is 16.0 Å². The van der Waals surface area contributed by atoms with Crippen molar-refractivity contribution in [3.8, 4) is 0 Å². The molecule has 1 aromatic carbocycles. The summed E-state index contributed by atoms with van der Waals surface area (Å²) in [5.41, 5.74) is 0.839. The molecule has 9 heteroatoms. The SMILES string of the molecule is CC(C)(C)OC(=O)NCC1CCC(CN2CCC(c3ccc(NC4CCC(=O)NC4=O)cc3F)CC2)CC1. The van der Waals surface area contributed by atoms with E-state index in [1.54, 1.807) is 0 Å². The minimum absolute atomic E-state index is 0.200. The van der Waals surface area contributed by atoms with Gasteiger partial charge in [-0.25, -0.2) is 9.18 Å². The third kappa shape index (κ3) is 8.16. The summed E-state index contributed by atoms with van der Waals surface area (Å²) in [7, 11) is 0. The van der Waals surface area contributed by atoms with Gasteiger partial charge in [0.1, 0.15) is 17.5 Å². The summed E-state index contributed by atoms with van der Waals surface area (Å²) in [5.74, 6) is 0.536. The van der Waals surface area contributed by atoms with Crippen LogP contribution in [0.4, 0.5) is 14.9 Å². The predicted molar refractivity (Wildman–Crippen MR) is 144 cm³/mol. The fourth-order valence-corrected chi connectivity index (χ4v) is 5.93. The lowest BCUT2D eigenvalue weighted by atomic mass is 9.81. The Labute approximate surface area is 225 Å². The number of rotatable bonds is 7. The van der Waals surface area contributed by atoms with Gasteiger partial charge in [0.25, 0.3) is 0 Å². The summed E-state index contributed by atoms with van der Waals surface area (Å²) in [6, 6.07) is 4.64. The molecule has 0 spiro atoms. The van der Waals surface area contributed by atoms with Crippen molar-refractivity contribution in [1.29, 1.82) is 0 Å². The number of carbonyl (C=O) groups excluding carboxylic acids is 3. The van der Waals surface area contributed by atoms with E-state index in [9.17, 15) is 14.4 Å². The molecule has 8 nitrogen and oxygen atoms in total. The summed E-state index contributed by atoms with van der Waals surface area (Å²) in [6.45, 7) is 9.34. The number of nitrogens with zero attached hydrogens (tertiary/aromatic N) is 1. The monoisotopic (exact) mass is 530 g/mol. The Balaban J connectivity index is 1.17. The summed E-state index contributed by atoms with van der Waals surface area (Å²) in [4.78, 5) is 37.7. The highest BCUT2D eigenvalue weighted by Gasteiger charge is 2.29. The third-order valence-electron chi connectivity index (χ3n) is 8.02. The lowest BCUT2D eigenvalue weighted by Crippen LogP contribution is -2.47. The number of alkyl carbamates (subject to hydrolysis) is 1. The molecule has 1 aliphatic carbocycles. The van der Waals surface area contributed by atoms with Crippen molar-refractivity contribution in [3.05, 3.63) is 29.6 Å². The van der Waals surface area contributed by atoms with Crippen molar-refractivity contribution >= 4 is 23.6 Å². The number of imide groups is 1. The average Bonchev–Trinajstić information content (AvgIpc) is 2.85. The number of ether oxygens (including phenoxy) is 1. The zero-order valence-electron chi connectivity index (χ0n) is 23.0. The van der Waals surface area contributed by atoms with Crippen molar-refractivity contribution in [3.63, 3.8) is 0 Å². The van der Waals surface area contributed by atoms with Crippen LogP contribution >= 0.6 is 0 Å². The number of carbonyl (C=O) groups is 3. The minimum atomic E-state index is -0.516. The fraction of sp³-hybridized carbons (Fsp3) is 0.690. The largest absolute Gasteiger partial charge is 0.444 e. The van der Waals surface area contributed by atoms with Crippen molar-refractivity contribution in [2.24, 2.45) is 11.8 Å². The zero-order valence-corrected chi connectivity index (χ0v) is 23.0. The first-order valence-electron chi connectivity index (χ1n) is 14.1. The number of amides is 3. The van der Waals surface area contributed by atoms with Gasteiger partial charge in [0.05, 0.1) is 0 Å². The molecule has 0 aromatic heterocycles. The van der Waals surface area contributed by atoms with E-state index in [2.05, 4.69) is 20.9 Å². The van der Waals surface area contributed by atoms with E-state index in [1.807, 2.05) is 32.9 Å². The van der Waals surface area contributed by atoms with Gasteiger partial charge in [-0.3, -0.25) is 14.9 Å². The van der Waals surface area contributed by atoms with Crippen LogP contribution in [0.5, 0.6) is 0 Å². The lowest BCUT2D eigenvalue weighted by Gasteiger charge is -2.37. The van der Waals surface area contributed by atoms with E-state index in [0.29, 0.717) is 30.5 Å². The molecule has 38 heavy (non-hydrogen) atoms. The van der Waals surface area contributed by atoms with Crippen LogP contribution in [-0.2, 0) is 14.3 Å². The van der Waals surface area contributed by atoms with Crippen molar-refractivity contribution in [2.75, 3.05) is 31.5 Å². The molecule has 0 radical (unpaired) electrons. The van der Waals surface area contributed by atoms with Crippen LogP contribution in [0.25, 0.3) is 0 Å². The zero-order chi connectivity index (χ0) is 27.3. The molecule has 1 unspecified atom stereocenters. The molecule has 1 aromatic rings. The molecule has 2 saturated heterocycles. The van der Waals surface area contributed by atoms with E-state index in [4.69, 9.17) is 4.74 Å². The van der Waals surface area contributed by atoms with E-state index in [0.717, 1.165) is 50.9 Å². The van der Waals surface area contributed by atoms with Gasteiger partial charge in [-0.2, -0.15) is 0 Å². The molecule has 1 atom stereocenters. The van der Waals surface area contributed by atoms with E-state index < -0.39 is 11.6 Å². The Morgan fingerprint density at radius 3 is 2.37 bits per heavy atom. The first-order chi connectivity index (χ1) is 18.1. The average molecular weight is 531 g/mol. The standard InChI is InChI=1S/C29H43FN4O4/c1-29(2,3)38-28(37)31-17-19-4-6-20(7-5-19)18-34-14-12-21(13-15-34)23-9-8-22(16-24(23)30)32-25-10-11-26(35)33-27(25)36/h8-9,16,19-21,25,32H,4-7,10-15,17-18H2,1-3H3,(H,31,37)(H,33,35,36). The van der Waals surface area contributed by atoms with Gasteiger partial charge in [-0.05, 0) is 114 Å². The molecule has 4 rings (SSSR count). The summed E-state index contributed by atoms with van der Waals surface area (Å²) < 4.78 is 20.3. The minimum Gasteiger partial charge on any atom is -0.444 e.